The quantitative estimate of drug-likeness (QED) is 0.683. The van der Waals surface area contributed by atoms with E-state index in [4.69, 9.17) is 5.26 Å². The SMILES string of the molecule is N#Cc1nc2[nH]ccc2cc1-c1ccccc1. The zero-order valence-electron chi connectivity index (χ0n) is 9.01. The minimum absolute atomic E-state index is 0.450. The van der Waals surface area contributed by atoms with Crippen molar-refractivity contribution in [1.29, 1.82) is 5.26 Å². The van der Waals surface area contributed by atoms with Crippen LogP contribution >= 0.6 is 0 Å². The molecule has 1 aromatic carbocycles. The zero-order chi connectivity index (χ0) is 11.7. The first-order valence-electron chi connectivity index (χ1n) is 5.32. The van der Waals surface area contributed by atoms with Crippen molar-refractivity contribution in [2.24, 2.45) is 0 Å². The van der Waals surface area contributed by atoms with Crippen LogP contribution in [0.3, 0.4) is 0 Å². The number of pyridine rings is 1. The van der Waals surface area contributed by atoms with Crippen LogP contribution in [0.15, 0.2) is 48.7 Å². The molecule has 2 aromatic heterocycles. The van der Waals surface area contributed by atoms with Gasteiger partial charge in [0.15, 0.2) is 5.69 Å². The average Bonchev–Trinajstić information content (AvgIpc) is 2.85. The number of hydrogen-bond donors (Lipinski definition) is 1. The fraction of sp³-hybridized carbons (Fsp3) is 0. The van der Waals surface area contributed by atoms with Crippen LogP contribution in [0.4, 0.5) is 0 Å². The van der Waals surface area contributed by atoms with Gasteiger partial charge in [0.25, 0.3) is 0 Å². The number of fused-ring (bicyclic) bond motifs is 1. The van der Waals surface area contributed by atoms with Crippen LogP contribution < -0.4 is 0 Å². The van der Waals surface area contributed by atoms with Gasteiger partial charge in [0.1, 0.15) is 11.7 Å². The first kappa shape index (κ1) is 9.61. The molecule has 0 radical (unpaired) electrons. The van der Waals surface area contributed by atoms with Crippen molar-refractivity contribution in [2.75, 3.05) is 0 Å². The molecule has 3 heteroatoms. The molecule has 3 aromatic rings. The van der Waals surface area contributed by atoms with Crippen LogP contribution in [0.2, 0.25) is 0 Å². The Morgan fingerprint density at radius 2 is 1.94 bits per heavy atom. The number of H-pyrrole nitrogens is 1. The van der Waals surface area contributed by atoms with E-state index in [1.807, 2.05) is 48.7 Å². The summed E-state index contributed by atoms with van der Waals surface area (Å²) in [7, 11) is 0. The maximum Gasteiger partial charge on any atom is 0.150 e. The number of nitrogens with one attached hydrogen (secondary N) is 1. The number of aromatic nitrogens is 2. The molecular weight excluding hydrogens is 210 g/mol. The maximum absolute atomic E-state index is 9.15. The van der Waals surface area contributed by atoms with Gasteiger partial charge in [-0.1, -0.05) is 30.3 Å². The van der Waals surface area contributed by atoms with E-state index >= 15 is 0 Å². The van der Waals surface area contributed by atoms with Crippen LogP contribution in [0, 0.1) is 11.3 Å². The van der Waals surface area contributed by atoms with Crippen molar-refractivity contribution in [3.63, 3.8) is 0 Å². The molecule has 0 amide bonds. The molecule has 0 atom stereocenters. The molecule has 17 heavy (non-hydrogen) atoms. The van der Waals surface area contributed by atoms with Crippen LogP contribution in [0.5, 0.6) is 0 Å². The molecule has 0 aliphatic rings. The minimum atomic E-state index is 0.450. The van der Waals surface area contributed by atoms with E-state index in [9.17, 15) is 0 Å². The third-order valence-corrected chi connectivity index (χ3v) is 2.73. The highest BCUT2D eigenvalue weighted by molar-refractivity contribution is 5.84. The molecule has 1 N–H and O–H groups in total. The summed E-state index contributed by atoms with van der Waals surface area (Å²) in [6.45, 7) is 0. The molecule has 0 saturated heterocycles. The van der Waals surface area contributed by atoms with Crippen LogP contribution in [-0.2, 0) is 0 Å². The van der Waals surface area contributed by atoms with Crippen molar-refractivity contribution in [3.05, 3.63) is 54.4 Å². The zero-order valence-corrected chi connectivity index (χ0v) is 9.01. The predicted octanol–water partition coefficient (Wildman–Crippen LogP) is 3.10. The minimum Gasteiger partial charge on any atom is -0.346 e. The average molecular weight is 219 g/mol. The second kappa shape index (κ2) is 3.76. The van der Waals surface area contributed by atoms with Crippen molar-refractivity contribution in [2.45, 2.75) is 0 Å². The van der Waals surface area contributed by atoms with Crippen LogP contribution in [0.25, 0.3) is 22.2 Å². The Bertz CT molecular complexity index is 705. The summed E-state index contributed by atoms with van der Waals surface area (Å²) in [6, 6.07) is 15.9. The fourth-order valence-corrected chi connectivity index (χ4v) is 1.90. The van der Waals surface area contributed by atoms with E-state index in [1.54, 1.807) is 0 Å². The highest BCUT2D eigenvalue weighted by Crippen LogP contribution is 2.25. The van der Waals surface area contributed by atoms with Crippen LogP contribution in [-0.4, -0.2) is 9.97 Å². The van der Waals surface area contributed by atoms with Crippen molar-refractivity contribution in [1.82, 2.24) is 9.97 Å². The summed E-state index contributed by atoms with van der Waals surface area (Å²) in [6.07, 6.45) is 1.83. The van der Waals surface area contributed by atoms with Gasteiger partial charge in [-0.3, -0.25) is 0 Å². The maximum atomic E-state index is 9.15. The lowest BCUT2D eigenvalue weighted by molar-refractivity contribution is 1.28. The molecule has 0 aliphatic heterocycles. The molecule has 80 valence electrons. The first-order valence-corrected chi connectivity index (χ1v) is 5.32. The Hall–Kier alpha value is -2.60. The Kier molecular flexibility index (Phi) is 2.13. The molecule has 3 nitrogen and oxygen atoms in total. The van der Waals surface area contributed by atoms with Gasteiger partial charge in [0.2, 0.25) is 0 Å². The van der Waals surface area contributed by atoms with Crippen molar-refractivity contribution in [3.8, 4) is 17.2 Å². The molecule has 0 bridgehead atoms. The molecule has 0 spiro atoms. The molecule has 2 heterocycles. The molecule has 0 fully saturated rings. The Labute approximate surface area is 98.4 Å². The number of nitrogens with zero attached hydrogens (tertiary/aromatic N) is 2. The van der Waals surface area contributed by atoms with Gasteiger partial charge in [-0.05, 0) is 17.7 Å². The second-order valence-electron chi connectivity index (χ2n) is 3.78. The molecule has 0 saturated carbocycles. The smallest absolute Gasteiger partial charge is 0.150 e. The summed E-state index contributed by atoms with van der Waals surface area (Å²) in [5, 5.41) is 10.2. The fourth-order valence-electron chi connectivity index (χ4n) is 1.90. The molecule has 0 unspecified atom stereocenters. The van der Waals surface area contributed by atoms with E-state index in [2.05, 4.69) is 16.0 Å². The highest BCUT2D eigenvalue weighted by atomic mass is 14.8. The standard InChI is InChI=1S/C14H9N3/c15-9-13-12(10-4-2-1-3-5-10)8-11-6-7-16-14(11)17-13/h1-8H,(H,16,17). The normalized spacial score (nSPS) is 10.3. The van der Waals surface area contributed by atoms with Gasteiger partial charge in [-0.25, -0.2) is 4.98 Å². The van der Waals surface area contributed by atoms with Gasteiger partial charge in [0, 0.05) is 17.1 Å². The van der Waals surface area contributed by atoms with Gasteiger partial charge >= 0.3 is 0 Å². The summed E-state index contributed by atoms with van der Waals surface area (Å²) < 4.78 is 0. The monoisotopic (exact) mass is 219 g/mol. The number of benzene rings is 1. The Morgan fingerprint density at radius 3 is 2.71 bits per heavy atom. The summed E-state index contributed by atoms with van der Waals surface area (Å²) in [4.78, 5) is 7.32. The number of rotatable bonds is 1. The van der Waals surface area contributed by atoms with Crippen LogP contribution in [0.1, 0.15) is 5.69 Å². The van der Waals surface area contributed by atoms with Gasteiger partial charge in [-0.2, -0.15) is 5.26 Å². The predicted molar refractivity (Wildman–Crippen MR) is 66.2 cm³/mol. The lowest BCUT2D eigenvalue weighted by atomic mass is 10.0. The van der Waals surface area contributed by atoms with E-state index in [0.29, 0.717) is 5.69 Å². The van der Waals surface area contributed by atoms with Gasteiger partial charge in [0.05, 0.1) is 0 Å². The third kappa shape index (κ3) is 1.56. The van der Waals surface area contributed by atoms with Crippen molar-refractivity contribution < 1.29 is 0 Å². The van der Waals surface area contributed by atoms with Gasteiger partial charge in [-0.15, -0.1) is 0 Å². The summed E-state index contributed by atoms with van der Waals surface area (Å²) in [5.41, 5.74) is 3.09. The lowest BCUT2D eigenvalue weighted by Crippen LogP contribution is -1.89. The molecule has 3 rings (SSSR count). The lowest BCUT2D eigenvalue weighted by Gasteiger charge is -2.03. The van der Waals surface area contributed by atoms with E-state index in [-0.39, 0.29) is 0 Å². The number of nitriles is 1. The molecular formula is C14H9N3. The first-order chi connectivity index (χ1) is 8.38. The highest BCUT2D eigenvalue weighted by Gasteiger charge is 2.08. The summed E-state index contributed by atoms with van der Waals surface area (Å²) in [5.74, 6) is 0. The van der Waals surface area contributed by atoms with E-state index in [0.717, 1.165) is 22.2 Å². The Morgan fingerprint density at radius 1 is 1.12 bits per heavy atom. The second-order valence-corrected chi connectivity index (χ2v) is 3.78. The van der Waals surface area contributed by atoms with Crippen molar-refractivity contribution >= 4 is 11.0 Å². The summed E-state index contributed by atoms with van der Waals surface area (Å²) >= 11 is 0. The number of aromatic amines is 1. The Balaban J connectivity index is 2.31. The van der Waals surface area contributed by atoms with E-state index < -0.39 is 0 Å². The van der Waals surface area contributed by atoms with Gasteiger partial charge < -0.3 is 4.98 Å². The third-order valence-electron chi connectivity index (χ3n) is 2.73. The van der Waals surface area contributed by atoms with E-state index in [1.165, 1.54) is 0 Å². The largest absolute Gasteiger partial charge is 0.346 e. The molecule has 0 aliphatic carbocycles. The topological polar surface area (TPSA) is 52.5 Å². The number of hydrogen-bond acceptors (Lipinski definition) is 2.